The largest absolute Gasteiger partial charge is 0.462 e. The van der Waals surface area contributed by atoms with Gasteiger partial charge in [0.2, 0.25) is 0 Å². The first kappa shape index (κ1) is 61.9. The van der Waals surface area contributed by atoms with E-state index in [0.717, 1.165) is 96.3 Å². The maximum Gasteiger partial charge on any atom is 0.306 e. The van der Waals surface area contributed by atoms with Gasteiger partial charge in [-0.3, -0.25) is 14.4 Å². The highest BCUT2D eigenvalue weighted by Crippen LogP contribution is 2.16. The average molecular weight is 907 g/mol. The lowest BCUT2D eigenvalue weighted by Crippen LogP contribution is -2.30. The summed E-state index contributed by atoms with van der Waals surface area (Å²) >= 11 is 0. The second-order valence-corrected chi connectivity index (χ2v) is 18.1. The molecule has 0 aromatic carbocycles. The van der Waals surface area contributed by atoms with Gasteiger partial charge in [0.05, 0.1) is 0 Å². The van der Waals surface area contributed by atoms with Gasteiger partial charge in [-0.25, -0.2) is 0 Å². The van der Waals surface area contributed by atoms with Crippen molar-refractivity contribution in [2.24, 2.45) is 0 Å². The number of hydrogen-bond acceptors (Lipinski definition) is 6. The second kappa shape index (κ2) is 53.5. The van der Waals surface area contributed by atoms with Crippen molar-refractivity contribution in [3.63, 3.8) is 0 Å². The molecule has 0 aliphatic carbocycles. The first-order chi connectivity index (χ1) is 32.0. The molecule has 0 aromatic rings. The van der Waals surface area contributed by atoms with Crippen molar-refractivity contribution in [1.82, 2.24) is 0 Å². The summed E-state index contributed by atoms with van der Waals surface area (Å²) in [6, 6.07) is 0. The van der Waals surface area contributed by atoms with E-state index in [9.17, 15) is 14.4 Å². The molecule has 0 N–H and O–H groups in total. The standard InChI is InChI=1S/C59H102O6/c1-4-7-10-13-16-18-20-22-24-26-28-29-31-32-34-36-38-40-43-46-49-52-58(61)64-55-56(54-63-57(60)51-48-45-42-15-12-9-6-3)65-59(62)53-50-47-44-41-39-37-35-33-30-27-25-23-21-19-17-14-11-8-5-2/h7,10,16,18,22,24,28-29,32,34,38,40,56H,4-6,8-9,11-15,17,19-21,23,25-27,30-31,33,35-37,39,41-55H2,1-3H3/b10-7-,18-16-,24-22-,29-28-,34-32-,40-38-. The van der Waals surface area contributed by atoms with Gasteiger partial charge in [0.1, 0.15) is 13.2 Å². The lowest BCUT2D eigenvalue weighted by molar-refractivity contribution is -0.167. The van der Waals surface area contributed by atoms with Crippen LogP contribution in [-0.2, 0) is 28.6 Å². The molecule has 0 amide bonds. The monoisotopic (exact) mass is 907 g/mol. The van der Waals surface area contributed by atoms with E-state index < -0.39 is 6.10 Å². The first-order valence-corrected chi connectivity index (χ1v) is 27.4. The van der Waals surface area contributed by atoms with Crippen molar-refractivity contribution in [2.45, 2.75) is 271 Å². The molecule has 1 unspecified atom stereocenters. The average Bonchev–Trinajstić information content (AvgIpc) is 3.30. The summed E-state index contributed by atoms with van der Waals surface area (Å²) < 4.78 is 16.7. The molecule has 0 heterocycles. The van der Waals surface area contributed by atoms with E-state index in [4.69, 9.17) is 14.2 Å². The molecule has 0 aromatic heterocycles. The number of rotatable bonds is 49. The molecule has 374 valence electrons. The minimum atomic E-state index is -0.788. The van der Waals surface area contributed by atoms with E-state index >= 15 is 0 Å². The van der Waals surface area contributed by atoms with Gasteiger partial charge in [-0.15, -0.1) is 0 Å². The number of carbonyl (C=O) groups excluding carboxylic acids is 3. The minimum absolute atomic E-state index is 0.0871. The van der Waals surface area contributed by atoms with Crippen LogP contribution in [0.3, 0.4) is 0 Å². The Balaban J connectivity index is 4.29. The number of unbranched alkanes of at least 4 members (excludes halogenated alkanes) is 26. The molecular weight excluding hydrogens is 805 g/mol. The molecule has 0 aliphatic heterocycles. The highest BCUT2D eigenvalue weighted by Gasteiger charge is 2.19. The van der Waals surface area contributed by atoms with Crippen LogP contribution in [0.5, 0.6) is 0 Å². The SMILES string of the molecule is CC/C=C\C/C=C\C/C=C\C/C=C\C/C=C\C/C=C\CCCCC(=O)OCC(COC(=O)CCCCCCCCC)OC(=O)CCCCCCCCCCCCCCCCCCCCC. The number of hydrogen-bond donors (Lipinski definition) is 0. The summed E-state index contributed by atoms with van der Waals surface area (Å²) in [5.74, 6) is -0.932. The quantitative estimate of drug-likeness (QED) is 0.0262. The van der Waals surface area contributed by atoms with Gasteiger partial charge in [0.25, 0.3) is 0 Å². The van der Waals surface area contributed by atoms with Gasteiger partial charge < -0.3 is 14.2 Å². The summed E-state index contributed by atoms with van der Waals surface area (Å²) in [6.07, 6.45) is 67.7. The Bertz CT molecular complexity index is 1230. The van der Waals surface area contributed by atoms with Crippen LogP contribution in [0.15, 0.2) is 72.9 Å². The van der Waals surface area contributed by atoms with Crippen molar-refractivity contribution >= 4 is 17.9 Å². The van der Waals surface area contributed by atoms with E-state index in [-0.39, 0.29) is 31.1 Å². The van der Waals surface area contributed by atoms with E-state index in [2.05, 4.69) is 93.7 Å². The fourth-order valence-corrected chi connectivity index (χ4v) is 7.62. The first-order valence-electron chi connectivity index (χ1n) is 27.4. The van der Waals surface area contributed by atoms with E-state index in [1.807, 2.05) is 0 Å². The molecule has 0 bridgehead atoms. The highest BCUT2D eigenvalue weighted by molar-refractivity contribution is 5.71. The van der Waals surface area contributed by atoms with Gasteiger partial charge in [0, 0.05) is 19.3 Å². The van der Waals surface area contributed by atoms with Crippen molar-refractivity contribution < 1.29 is 28.6 Å². The molecule has 0 aliphatic rings. The smallest absolute Gasteiger partial charge is 0.306 e. The summed E-state index contributed by atoms with van der Waals surface area (Å²) in [6.45, 7) is 6.46. The van der Waals surface area contributed by atoms with Crippen molar-refractivity contribution in [1.29, 1.82) is 0 Å². The van der Waals surface area contributed by atoms with E-state index in [1.54, 1.807) is 0 Å². The molecule has 6 heteroatoms. The molecule has 0 fully saturated rings. The van der Waals surface area contributed by atoms with E-state index in [1.165, 1.54) is 128 Å². The third-order valence-corrected chi connectivity index (χ3v) is 11.7. The molecule has 0 rings (SSSR count). The topological polar surface area (TPSA) is 78.9 Å². The summed E-state index contributed by atoms with van der Waals surface area (Å²) in [5, 5.41) is 0. The Labute approximate surface area is 402 Å². The van der Waals surface area contributed by atoms with Gasteiger partial charge in [-0.05, 0) is 70.6 Å². The summed E-state index contributed by atoms with van der Waals surface area (Å²) in [4.78, 5) is 37.9. The van der Waals surface area contributed by atoms with Gasteiger partial charge in [0.15, 0.2) is 6.10 Å². The Morgan fingerprint density at radius 3 is 0.938 bits per heavy atom. The molecule has 0 radical (unpaired) electrons. The minimum Gasteiger partial charge on any atom is -0.462 e. The van der Waals surface area contributed by atoms with Gasteiger partial charge >= 0.3 is 17.9 Å². The Morgan fingerprint density at radius 1 is 0.323 bits per heavy atom. The number of allylic oxidation sites excluding steroid dienone is 12. The number of esters is 3. The number of carbonyl (C=O) groups is 3. The molecule has 0 spiro atoms. The molecular formula is C59H102O6. The third kappa shape index (κ3) is 51.7. The third-order valence-electron chi connectivity index (χ3n) is 11.7. The Hall–Kier alpha value is -3.15. The normalized spacial score (nSPS) is 12.6. The fraction of sp³-hybridized carbons (Fsp3) is 0.746. The zero-order chi connectivity index (χ0) is 47.2. The van der Waals surface area contributed by atoms with Crippen molar-refractivity contribution in [2.75, 3.05) is 13.2 Å². The zero-order valence-electron chi connectivity index (χ0n) is 42.7. The van der Waals surface area contributed by atoms with E-state index in [0.29, 0.717) is 19.3 Å². The molecule has 65 heavy (non-hydrogen) atoms. The lowest BCUT2D eigenvalue weighted by Gasteiger charge is -2.18. The summed E-state index contributed by atoms with van der Waals surface area (Å²) in [7, 11) is 0. The van der Waals surface area contributed by atoms with Crippen LogP contribution >= 0.6 is 0 Å². The maximum atomic E-state index is 12.8. The highest BCUT2D eigenvalue weighted by atomic mass is 16.6. The van der Waals surface area contributed by atoms with Crippen LogP contribution in [0.1, 0.15) is 265 Å². The number of ether oxygens (including phenoxy) is 3. The van der Waals surface area contributed by atoms with Crippen molar-refractivity contribution in [3.05, 3.63) is 72.9 Å². The van der Waals surface area contributed by atoms with Crippen LogP contribution in [0, 0.1) is 0 Å². The van der Waals surface area contributed by atoms with Crippen LogP contribution < -0.4 is 0 Å². The fourth-order valence-electron chi connectivity index (χ4n) is 7.62. The van der Waals surface area contributed by atoms with Gasteiger partial charge in [-0.1, -0.05) is 248 Å². The molecule has 0 saturated heterocycles. The second-order valence-electron chi connectivity index (χ2n) is 18.1. The predicted octanol–water partition coefficient (Wildman–Crippen LogP) is 18.2. The van der Waals surface area contributed by atoms with Crippen molar-refractivity contribution in [3.8, 4) is 0 Å². The maximum absolute atomic E-state index is 12.8. The molecule has 6 nitrogen and oxygen atoms in total. The lowest BCUT2D eigenvalue weighted by atomic mass is 10.0. The van der Waals surface area contributed by atoms with Crippen LogP contribution in [0.4, 0.5) is 0 Å². The summed E-state index contributed by atoms with van der Waals surface area (Å²) in [5.41, 5.74) is 0. The van der Waals surface area contributed by atoms with Crippen LogP contribution in [0.2, 0.25) is 0 Å². The zero-order valence-corrected chi connectivity index (χ0v) is 42.7. The molecule has 0 saturated carbocycles. The van der Waals surface area contributed by atoms with Crippen LogP contribution in [0.25, 0.3) is 0 Å². The Kier molecular flexibility index (Phi) is 50.9. The van der Waals surface area contributed by atoms with Crippen LogP contribution in [-0.4, -0.2) is 37.2 Å². The Morgan fingerprint density at radius 2 is 0.600 bits per heavy atom. The van der Waals surface area contributed by atoms with Gasteiger partial charge in [-0.2, -0.15) is 0 Å². The predicted molar refractivity (Wildman–Crippen MR) is 279 cm³/mol. The molecule has 1 atom stereocenters.